The number of nitrogens with zero attached hydrogens (tertiary/aromatic N) is 4. The SMILES string of the molecule is COc1c(C)cnc(Cn2ccc3c(Cl)nc(NC(=O)C(C)(C)C)nc32)c1C. The van der Waals surface area contributed by atoms with Gasteiger partial charge in [0.15, 0.2) is 0 Å². The van der Waals surface area contributed by atoms with Crippen molar-refractivity contribution in [2.75, 3.05) is 12.4 Å². The number of hydrogen-bond acceptors (Lipinski definition) is 5. The predicted molar refractivity (Wildman–Crippen MR) is 110 cm³/mol. The van der Waals surface area contributed by atoms with Crippen LogP contribution in [0.15, 0.2) is 18.5 Å². The maximum absolute atomic E-state index is 12.3. The van der Waals surface area contributed by atoms with Crippen molar-refractivity contribution in [2.45, 2.75) is 41.2 Å². The molecule has 8 heteroatoms. The summed E-state index contributed by atoms with van der Waals surface area (Å²) in [5.74, 6) is 0.831. The van der Waals surface area contributed by atoms with E-state index in [1.165, 1.54) is 0 Å². The Morgan fingerprint density at radius 1 is 1.29 bits per heavy atom. The first kappa shape index (κ1) is 20.1. The van der Waals surface area contributed by atoms with Crippen molar-refractivity contribution in [3.8, 4) is 5.75 Å². The maximum Gasteiger partial charge on any atom is 0.232 e. The Kier molecular flexibility index (Phi) is 5.30. The summed E-state index contributed by atoms with van der Waals surface area (Å²) >= 11 is 6.32. The van der Waals surface area contributed by atoms with E-state index in [2.05, 4.69) is 20.3 Å². The number of ether oxygens (including phenoxy) is 1. The fraction of sp³-hybridized carbons (Fsp3) is 0.400. The normalized spacial score (nSPS) is 11.7. The van der Waals surface area contributed by atoms with Crippen LogP contribution >= 0.6 is 11.6 Å². The number of aromatic nitrogens is 4. The standard InChI is InChI=1S/C20H24ClN5O2/c1-11-9-22-14(12(2)15(11)28-6)10-26-8-7-13-16(21)23-19(24-17(13)26)25-18(27)20(3,4)5/h7-9H,10H2,1-6H3,(H,23,24,25,27). The zero-order valence-corrected chi connectivity index (χ0v) is 17.7. The Labute approximate surface area is 169 Å². The van der Waals surface area contributed by atoms with Crippen LogP contribution in [-0.4, -0.2) is 32.5 Å². The highest BCUT2D eigenvalue weighted by atomic mass is 35.5. The topological polar surface area (TPSA) is 81.9 Å². The molecule has 28 heavy (non-hydrogen) atoms. The van der Waals surface area contributed by atoms with Crippen LogP contribution in [-0.2, 0) is 11.3 Å². The Hall–Kier alpha value is -2.67. The van der Waals surface area contributed by atoms with Crippen LogP contribution in [0.25, 0.3) is 11.0 Å². The quantitative estimate of drug-likeness (QED) is 0.664. The minimum Gasteiger partial charge on any atom is -0.496 e. The molecule has 0 atom stereocenters. The van der Waals surface area contributed by atoms with Crippen LogP contribution in [0, 0.1) is 19.3 Å². The Balaban J connectivity index is 2.00. The van der Waals surface area contributed by atoms with Gasteiger partial charge in [-0.25, -0.2) is 0 Å². The lowest BCUT2D eigenvalue weighted by atomic mass is 9.96. The number of nitrogens with one attached hydrogen (secondary N) is 1. The second-order valence-corrected chi connectivity index (χ2v) is 8.13. The molecule has 0 aliphatic carbocycles. The number of anilines is 1. The molecule has 0 unspecified atom stereocenters. The van der Waals surface area contributed by atoms with Crippen LogP contribution in [0.1, 0.15) is 37.6 Å². The summed E-state index contributed by atoms with van der Waals surface area (Å²) in [6.07, 6.45) is 3.68. The van der Waals surface area contributed by atoms with E-state index in [1.807, 2.05) is 51.4 Å². The molecule has 3 aromatic heterocycles. The van der Waals surface area contributed by atoms with E-state index in [-0.39, 0.29) is 11.9 Å². The van der Waals surface area contributed by atoms with Gasteiger partial charge in [-0.3, -0.25) is 15.1 Å². The van der Waals surface area contributed by atoms with Crippen LogP contribution in [0.5, 0.6) is 5.75 Å². The Morgan fingerprint density at radius 2 is 2.00 bits per heavy atom. The average Bonchev–Trinajstić information content (AvgIpc) is 3.00. The Morgan fingerprint density at radius 3 is 2.64 bits per heavy atom. The molecule has 1 amide bonds. The highest BCUT2D eigenvalue weighted by molar-refractivity contribution is 6.34. The van der Waals surface area contributed by atoms with E-state index in [0.29, 0.717) is 22.7 Å². The fourth-order valence-corrected chi connectivity index (χ4v) is 3.12. The van der Waals surface area contributed by atoms with Crippen molar-refractivity contribution < 1.29 is 9.53 Å². The minimum absolute atomic E-state index is 0.179. The Bertz CT molecular complexity index is 1050. The number of carbonyl (C=O) groups is 1. The van der Waals surface area contributed by atoms with Crippen molar-refractivity contribution >= 4 is 34.5 Å². The summed E-state index contributed by atoms with van der Waals surface area (Å²) in [4.78, 5) is 25.5. The van der Waals surface area contributed by atoms with Gasteiger partial charge in [0.05, 0.1) is 24.7 Å². The second kappa shape index (κ2) is 7.39. The summed E-state index contributed by atoms with van der Waals surface area (Å²) in [7, 11) is 1.65. The highest BCUT2D eigenvalue weighted by Crippen LogP contribution is 2.27. The number of methoxy groups -OCH3 is 1. The lowest BCUT2D eigenvalue weighted by Crippen LogP contribution is -2.28. The van der Waals surface area contributed by atoms with E-state index in [1.54, 1.807) is 13.3 Å². The molecule has 1 N–H and O–H groups in total. The number of carbonyl (C=O) groups excluding carboxylic acids is 1. The summed E-state index contributed by atoms with van der Waals surface area (Å²) in [5, 5.41) is 3.74. The van der Waals surface area contributed by atoms with Gasteiger partial charge in [-0.2, -0.15) is 9.97 Å². The zero-order chi connectivity index (χ0) is 20.6. The monoisotopic (exact) mass is 401 g/mol. The van der Waals surface area contributed by atoms with Gasteiger partial charge >= 0.3 is 0 Å². The van der Waals surface area contributed by atoms with E-state index >= 15 is 0 Å². The number of fused-ring (bicyclic) bond motifs is 1. The molecule has 0 aliphatic rings. The lowest BCUT2D eigenvalue weighted by molar-refractivity contribution is -0.123. The number of halogens is 1. The molecule has 0 saturated heterocycles. The number of rotatable bonds is 4. The van der Waals surface area contributed by atoms with Crippen molar-refractivity contribution in [2.24, 2.45) is 5.41 Å². The van der Waals surface area contributed by atoms with Crippen molar-refractivity contribution in [1.82, 2.24) is 19.5 Å². The van der Waals surface area contributed by atoms with Crippen molar-refractivity contribution in [1.29, 1.82) is 0 Å². The van der Waals surface area contributed by atoms with E-state index < -0.39 is 5.41 Å². The molecule has 3 aromatic rings. The van der Waals surface area contributed by atoms with Gasteiger partial charge < -0.3 is 9.30 Å². The number of pyridine rings is 1. The molecular weight excluding hydrogens is 378 g/mol. The van der Waals surface area contributed by atoms with Crippen LogP contribution in [0.4, 0.5) is 5.95 Å². The number of amides is 1. The summed E-state index contributed by atoms with van der Waals surface area (Å²) in [5.41, 5.74) is 2.90. The molecule has 0 fully saturated rings. The van der Waals surface area contributed by atoms with E-state index in [4.69, 9.17) is 16.3 Å². The van der Waals surface area contributed by atoms with Crippen molar-refractivity contribution in [3.63, 3.8) is 0 Å². The van der Waals surface area contributed by atoms with Crippen LogP contribution in [0.2, 0.25) is 5.15 Å². The van der Waals surface area contributed by atoms with Crippen LogP contribution < -0.4 is 10.1 Å². The maximum atomic E-state index is 12.3. The average molecular weight is 402 g/mol. The molecular formula is C20H24ClN5O2. The molecule has 3 rings (SSSR count). The first-order valence-electron chi connectivity index (χ1n) is 8.94. The van der Waals surface area contributed by atoms with Gasteiger partial charge in [-0.1, -0.05) is 32.4 Å². The van der Waals surface area contributed by atoms with Crippen molar-refractivity contribution in [3.05, 3.63) is 40.4 Å². The number of aryl methyl sites for hydroxylation is 1. The molecule has 7 nitrogen and oxygen atoms in total. The molecule has 0 saturated carbocycles. The lowest BCUT2D eigenvalue weighted by Gasteiger charge is -2.17. The summed E-state index contributed by atoms with van der Waals surface area (Å²) in [6.45, 7) is 9.91. The highest BCUT2D eigenvalue weighted by Gasteiger charge is 2.23. The fourth-order valence-electron chi connectivity index (χ4n) is 2.89. The second-order valence-electron chi connectivity index (χ2n) is 7.77. The van der Waals surface area contributed by atoms with Gasteiger partial charge in [-0.15, -0.1) is 0 Å². The van der Waals surface area contributed by atoms with Gasteiger partial charge in [0, 0.05) is 28.9 Å². The molecule has 0 radical (unpaired) electrons. The molecule has 148 valence electrons. The van der Waals surface area contributed by atoms with Crippen LogP contribution in [0.3, 0.4) is 0 Å². The largest absolute Gasteiger partial charge is 0.496 e. The van der Waals surface area contributed by atoms with Gasteiger partial charge in [0.25, 0.3) is 0 Å². The third-order valence-electron chi connectivity index (χ3n) is 4.55. The zero-order valence-electron chi connectivity index (χ0n) is 16.9. The third-order valence-corrected chi connectivity index (χ3v) is 4.84. The van der Waals surface area contributed by atoms with E-state index in [9.17, 15) is 4.79 Å². The molecule has 0 bridgehead atoms. The molecule has 0 spiro atoms. The van der Waals surface area contributed by atoms with E-state index in [0.717, 1.165) is 22.6 Å². The minimum atomic E-state index is -0.563. The number of hydrogen-bond donors (Lipinski definition) is 1. The first-order chi connectivity index (χ1) is 13.1. The molecule has 0 aromatic carbocycles. The molecule has 3 heterocycles. The third kappa shape index (κ3) is 3.80. The van der Waals surface area contributed by atoms with Gasteiger partial charge in [0.2, 0.25) is 11.9 Å². The predicted octanol–water partition coefficient (Wildman–Crippen LogP) is 4.14. The smallest absolute Gasteiger partial charge is 0.232 e. The summed E-state index contributed by atoms with van der Waals surface area (Å²) in [6, 6.07) is 1.85. The molecule has 0 aliphatic heterocycles. The van der Waals surface area contributed by atoms with Gasteiger partial charge in [-0.05, 0) is 19.9 Å². The van der Waals surface area contributed by atoms with Gasteiger partial charge in [0.1, 0.15) is 16.5 Å². The summed E-state index contributed by atoms with van der Waals surface area (Å²) < 4.78 is 7.42. The first-order valence-corrected chi connectivity index (χ1v) is 9.32.